The number of hydrogen-bond acceptors (Lipinski definition) is 3. The summed E-state index contributed by atoms with van der Waals surface area (Å²) >= 11 is 0. The van der Waals surface area contributed by atoms with Gasteiger partial charge in [0.2, 0.25) is 5.91 Å². The summed E-state index contributed by atoms with van der Waals surface area (Å²) in [7, 11) is 1.55. The Bertz CT molecular complexity index is 569. The molecule has 106 valence electrons. The lowest BCUT2D eigenvalue weighted by Gasteiger charge is -2.10. The fourth-order valence-corrected chi connectivity index (χ4v) is 2.87. The number of benzene rings is 1. The zero-order chi connectivity index (χ0) is 14.6. The van der Waals surface area contributed by atoms with Gasteiger partial charge in [0.15, 0.2) is 0 Å². The van der Waals surface area contributed by atoms with Crippen LogP contribution in [-0.2, 0) is 13.8 Å². The molecule has 0 radical (unpaired) electrons. The largest absolute Gasteiger partial charge is 0.326 e. The van der Waals surface area contributed by atoms with Crippen LogP contribution in [0.3, 0.4) is 0 Å². The predicted molar refractivity (Wildman–Crippen MR) is 76.9 cm³/mol. The smallest absolute Gasteiger partial charge is 0.261 e. The average Bonchev–Trinajstić information content (AvgIpc) is 2.26. The van der Waals surface area contributed by atoms with E-state index in [1.165, 1.54) is 12.1 Å². The zero-order valence-corrected chi connectivity index (χ0v) is 12.8. The molecule has 1 atom stereocenters. The highest BCUT2D eigenvalue weighted by atomic mass is 35.7. The standard InChI is InChI=1S/C13H18ClNO3S/c1-4-9(2)7-13(16)15-11-5-6-12(10(3)8-11)19(14,17)18/h5-6,8-9H,4,7H2,1-3H3,(H,15,16). The van der Waals surface area contributed by atoms with Crippen molar-refractivity contribution >= 4 is 31.3 Å². The molecule has 0 aromatic heterocycles. The van der Waals surface area contributed by atoms with Crippen molar-refractivity contribution in [2.75, 3.05) is 5.32 Å². The van der Waals surface area contributed by atoms with Crippen molar-refractivity contribution < 1.29 is 13.2 Å². The van der Waals surface area contributed by atoms with Gasteiger partial charge in [0.1, 0.15) is 0 Å². The zero-order valence-electron chi connectivity index (χ0n) is 11.2. The first-order valence-electron chi connectivity index (χ1n) is 6.09. The van der Waals surface area contributed by atoms with E-state index in [1.807, 2.05) is 13.8 Å². The second kappa shape index (κ2) is 6.39. The summed E-state index contributed by atoms with van der Waals surface area (Å²) in [4.78, 5) is 11.8. The van der Waals surface area contributed by atoms with E-state index in [9.17, 15) is 13.2 Å². The lowest BCUT2D eigenvalue weighted by atomic mass is 10.0. The molecule has 0 bridgehead atoms. The molecule has 19 heavy (non-hydrogen) atoms. The van der Waals surface area contributed by atoms with Gasteiger partial charge in [-0.2, -0.15) is 0 Å². The summed E-state index contributed by atoms with van der Waals surface area (Å²) in [6, 6.07) is 4.54. The number of anilines is 1. The maximum Gasteiger partial charge on any atom is 0.261 e. The Morgan fingerprint density at radius 2 is 2.05 bits per heavy atom. The lowest BCUT2D eigenvalue weighted by Crippen LogP contribution is -2.15. The maximum absolute atomic E-state index is 11.7. The highest BCUT2D eigenvalue weighted by Gasteiger charge is 2.14. The first-order chi connectivity index (χ1) is 8.74. The number of hydrogen-bond donors (Lipinski definition) is 1. The Morgan fingerprint density at radius 3 is 2.53 bits per heavy atom. The van der Waals surface area contributed by atoms with Crippen molar-refractivity contribution in [2.45, 2.75) is 38.5 Å². The summed E-state index contributed by atoms with van der Waals surface area (Å²) in [5.74, 6) is 0.249. The summed E-state index contributed by atoms with van der Waals surface area (Å²) in [6.07, 6.45) is 1.39. The van der Waals surface area contributed by atoms with Gasteiger partial charge in [-0.25, -0.2) is 8.42 Å². The summed E-state index contributed by atoms with van der Waals surface area (Å²) < 4.78 is 22.5. The van der Waals surface area contributed by atoms with Crippen LogP contribution in [0.1, 0.15) is 32.3 Å². The fraction of sp³-hybridized carbons (Fsp3) is 0.462. The van der Waals surface area contributed by atoms with E-state index < -0.39 is 9.05 Å². The van der Waals surface area contributed by atoms with Crippen LogP contribution in [0.5, 0.6) is 0 Å². The number of aryl methyl sites for hydroxylation is 1. The third-order valence-corrected chi connectivity index (χ3v) is 4.43. The van der Waals surface area contributed by atoms with E-state index >= 15 is 0 Å². The van der Waals surface area contributed by atoms with Gasteiger partial charge in [-0.3, -0.25) is 4.79 Å². The molecule has 0 fully saturated rings. The molecule has 6 heteroatoms. The lowest BCUT2D eigenvalue weighted by molar-refractivity contribution is -0.117. The van der Waals surface area contributed by atoms with E-state index in [2.05, 4.69) is 5.32 Å². The quantitative estimate of drug-likeness (QED) is 0.849. The first kappa shape index (κ1) is 16.0. The molecule has 1 rings (SSSR count). The normalized spacial score (nSPS) is 13.1. The molecule has 0 saturated carbocycles. The van der Waals surface area contributed by atoms with Crippen molar-refractivity contribution in [1.29, 1.82) is 0 Å². The van der Waals surface area contributed by atoms with Gasteiger partial charge in [0, 0.05) is 22.8 Å². The monoisotopic (exact) mass is 303 g/mol. The summed E-state index contributed by atoms with van der Waals surface area (Å²) in [6.45, 7) is 5.68. The highest BCUT2D eigenvalue weighted by Crippen LogP contribution is 2.23. The number of amides is 1. The minimum Gasteiger partial charge on any atom is -0.326 e. The van der Waals surface area contributed by atoms with Crippen LogP contribution in [-0.4, -0.2) is 14.3 Å². The molecule has 0 aliphatic rings. The Labute approximate surface area is 118 Å². The number of carbonyl (C=O) groups excluding carboxylic acids is 1. The maximum atomic E-state index is 11.7. The van der Waals surface area contributed by atoms with Crippen LogP contribution in [0.4, 0.5) is 5.69 Å². The van der Waals surface area contributed by atoms with Gasteiger partial charge in [-0.1, -0.05) is 20.3 Å². The molecular formula is C13H18ClNO3S. The van der Waals surface area contributed by atoms with Gasteiger partial charge < -0.3 is 5.32 Å². The minimum absolute atomic E-state index is 0.0640. The Balaban J connectivity index is 2.83. The van der Waals surface area contributed by atoms with Crippen LogP contribution in [0.25, 0.3) is 0 Å². The topological polar surface area (TPSA) is 63.2 Å². The van der Waals surface area contributed by atoms with E-state index in [0.29, 0.717) is 23.6 Å². The third kappa shape index (κ3) is 4.84. The second-order valence-corrected chi connectivity index (χ2v) is 7.22. The Hall–Kier alpha value is -1.07. The van der Waals surface area contributed by atoms with Crippen molar-refractivity contribution in [1.82, 2.24) is 0 Å². The molecule has 1 aromatic rings. The second-order valence-electron chi connectivity index (χ2n) is 4.68. The summed E-state index contributed by atoms with van der Waals surface area (Å²) in [5, 5.41) is 2.75. The first-order valence-corrected chi connectivity index (χ1v) is 8.40. The van der Waals surface area contributed by atoms with E-state index in [4.69, 9.17) is 10.7 Å². The van der Waals surface area contributed by atoms with Crippen molar-refractivity contribution in [3.05, 3.63) is 23.8 Å². The number of carbonyl (C=O) groups is 1. The molecule has 0 aliphatic heterocycles. The fourth-order valence-electron chi connectivity index (χ4n) is 1.67. The summed E-state index contributed by atoms with van der Waals surface area (Å²) in [5.41, 5.74) is 1.09. The van der Waals surface area contributed by atoms with Crippen LogP contribution >= 0.6 is 10.7 Å². The van der Waals surface area contributed by atoms with Crippen LogP contribution in [0, 0.1) is 12.8 Å². The highest BCUT2D eigenvalue weighted by molar-refractivity contribution is 8.13. The molecule has 1 aromatic carbocycles. The van der Waals surface area contributed by atoms with Gasteiger partial charge in [-0.05, 0) is 36.6 Å². The van der Waals surface area contributed by atoms with Gasteiger partial charge in [-0.15, -0.1) is 0 Å². The average molecular weight is 304 g/mol. The van der Waals surface area contributed by atoms with E-state index in [1.54, 1.807) is 13.0 Å². The molecule has 0 spiro atoms. The molecule has 0 heterocycles. The van der Waals surface area contributed by atoms with Crippen molar-refractivity contribution in [3.8, 4) is 0 Å². The molecule has 1 unspecified atom stereocenters. The van der Waals surface area contributed by atoms with E-state index in [0.717, 1.165) is 6.42 Å². The van der Waals surface area contributed by atoms with Crippen LogP contribution in [0.2, 0.25) is 0 Å². The molecule has 1 N–H and O–H groups in total. The molecule has 4 nitrogen and oxygen atoms in total. The SMILES string of the molecule is CCC(C)CC(=O)Nc1ccc(S(=O)(=O)Cl)c(C)c1. The number of rotatable bonds is 5. The Morgan fingerprint density at radius 1 is 1.42 bits per heavy atom. The number of nitrogens with one attached hydrogen (secondary N) is 1. The van der Waals surface area contributed by atoms with Gasteiger partial charge >= 0.3 is 0 Å². The third-order valence-electron chi connectivity index (χ3n) is 2.95. The molecule has 1 amide bonds. The minimum atomic E-state index is -3.74. The van der Waals surface area contributed by atoms with Crippen molar-refractivity contribution in [2.24, 2.45) is 5.92 Å². The molecular weight excluding hydrogens is 286 g/mol. The van der Waals surface area contributed by atoms with E-state index in [-0.39, 0.29) is 10.8 Å². The van der Waals surface area contributed by atoms with Crippen LogP contribution < -0.4 is 5.32 Å². The molecule has 0 aliphatic carbocycles. The van der Waals surface area contributed by atoms with Gasteiger partial charge in [0.25, 0.3) is 9.05 Å². The van der Waals surface area contributed by atoms with Gasteiger partial charge in [0.05, 0.1) is 4.90 Å². The van der Waals surface area contributed by atoms with Crippen LogP contribution in [0.15, 0.2) is 23.1 Å². The van der Waals surface area contributed by atoms with Crippen molar-refractivity contribution in [3.63, 3.8) is 0 Å². The molecule has 0 saturated heterocycles. The predicted octanol–water partition coefficient (Wildman–Crippen LogP) is 3.30. The Kier molecular flexibility index (Phi) is 5.38. The number of halogens is 1.